The first-order valence-corrected chi connectivity index (χ1v) is 8.86. The lowest BCUT2D eigenvalue weighted by molar-refractivity contribution is -0.133. The highest BCUT2D eigenvalue weighted by molar-refractivity contribution is 7.14. The largest absolute Gasteiger partial charge is 0.426 e. The first-order valence-electron chi connectivity index (χ1n) is 7.28. The highest BCUT2D eigenvalue weighted by atomic mass is 35.5. The third-order valence-corrected chi connectivity index (χ3v) is 5.20. The summed E-state index contributed by atoms with van der Waals surface area (Å²) in [6.45, 7) is 0. The van der Waals surface area contributed by atoms with E-state index in [0.29, 0.717) is 21.9 Å². The average molecular weight is 416 g/mol. The van der Waals surface area contributed by atoms with Crippen molar-refractivity contribution >= 4 is 46.1 Å². The molecule has 0 radical (unpaired) electrons. The zero-order valence-corrected chi connectivity index (χ0v) is 15.2. The molecule has 1 amide bonds. The molecule has 26 heavy (non-hydrogen) atoms. The van der Waals surface area contributed by atoms with E-state index in [2.05, 4.69) is 5.32 Å². The van der Waals surface area contributed by atoms with E-state index in [1.54, 1.807) is 30.3 Å². The van der Waals surface area contributed by atoms with Gasteiger partial charge in [-0.05, 0) is 29.8 Å². The number of alkyl halides is 3. The molecule has 0 unspecified atom stereocenters. The van der Waals surface area contributed by atoms with Crippen LogP contribution in [0.5, 0.6) is 0 Å². The molecule has 2 nitrogen and oxygen atoms in total. The number of thiophene rings is 1. The van der Waals surface area contributed by atoms with Crippen LogP contribution in [0.25, 0.3) is 11.1 Å². The SMILES string of the molecule is O=C(Nc1ccc(Cl)cc1Cl)c1cc(-c2ccccc2)c(C(F)(F)F)s1. The fourth-order valence-electron chi connectivity index (χ4n) is 2.32. The van der Waals surface area contributed by atoms with Gasteiger partial charge < -0.3 is 5.32 Å². The molecule has 0 saturated heterocycles. The monoisotopic (exact) mass is 415 g/mol. The van der Waals surface area contributed by atoms with Crippen LogP contribution in [-0.4, -0.2) is 5.91 Å². The summed E-state index contributed by atoms with van der Waals surface area (Å²) in [7, 11) is 0. The Kier molecular flexibility index (Phi) is 5.27. The van der Waals surface area contributed by atoms with Gasteiger partial charge in [-0.15, -0.1) is 11.3 Å². The Morgan fingerprint density at radius 2 is 1.69 bits per heavy atom. The molecule has 2 aromatic carbocycles. The third-order valence-electron chi connectivity index (χ3n) is 3.48. The van der Waals surface area contributed by atoms with Gasteiger partial charge in [0.2, 0.25) is 0 Å². The lowest BCUT2D eigenvalue weighted by Crippen LogP contribution is -2.10. The number of carbonyl (C=O) groups is 1. The topological polar surface area (TPSA) is 29.1 Å². The van der Waals surface area contributed by atoms with Crippen LogP contribution in [0, 0.1) is 0 Å². The number of rotatable bonds is 3. The van der Waals surface area contributed by atoms with Gasteiger partial charge in [-0.25, -0.2) is 0 Å². The Balaban J connectivity index is 1.98. The quantitative estimate of drug-likeness (QED) is 0.490. The van der Waals surface area contributed by atoms with Gasteiger partial charge in [0, 0.05) is 10.6 Å². The van der Waals surface area contributed by atoms with Crippen molar-refractivity contribution in [2.75, 3.05) is 5.32 Å². The summed E-state index contributed by atoms with van der Waals surface area (Å²) < 4.78 is 40.2. The van der Waals surface area contributed by atoms with E-state index < -0.39 is 17.0 Å². The predicted octanol–water partition coefficient (Wildman–Crippen LogP) is 6.99. The van der Waals surface area contributed by atoms with Crippen LogP contribution in [0.15, 0.2) is 54.6 Å². The summed E-state index contributed by atoms with van der Waals surface area (Å²) in [6.07, 6.45) is -4.56. The molecule has 1 heterocycles. The number of carbonyl (C=O) groups excluding carboxylic acids is 1. The molecule has 0 aliphatic rings. The number of anilines is 1. The van der Waals surface area contributed by atoms with Crippen LogP contribution in [-0.2, 0) is 6.18 Å². The predicted molar refractivity (Wildman–Crippen MR) is 99.2 cm³/mol. The van der Waals surface area contributed by atoms with Gasteiger partial charge in [0.25, 0.3) is 5.91 Å². The Morgan fingerprint density at radius 3 is 2.31 bits per heavy atom. The van der Waals surface area contributed by atoms with E-state index in [0.717, 1.165) is 0 Å². The maximum absolute atomic E-state index is 13.4. The highest BCUT2D eigenvalue weighted by Crippen LogP contribution is 2.43. The molecule has 0 saturated carbocycles. The second-order valence-electron chi connectivity index (χ2n) is 5.30. The molecule has 0 fully saturated rings. The first-order chi connectivity index (χ1) is 12.3. The Hall–Kier alpha value is -2.02. The Labute approximate surface area is 161 Å². The molecule has 0 spiro atoms. The molecule has 3 aromatic rings. The van der Waals surface area contributed by atoms with Crippen molar-refractivity contribution in [3.63, 3.8) is 0 Å². The van der Waals surface area contributed by atoms with Gasteiger partial charge in [0.15, 0.2) is 0 Å². The molecule has 0 aliphatic heterocycles. The van der Waals surface area contributed by atoms with Crippen LogP contribution in [0.1, 0.15) is 14.5 Å². The highest BCUT2D eigenvalue weighted by Gasteiger charge is 2.37. The summed E-state index contributed by atoms with van der Waals surface area (Å²) in [5, 5.41) is 3.09. The minimum atomic E-state index is -4.56. The normalized spacial score (nSPS) is 11.4. The number of benzene rings is 2. The summed E-state index contributed by atoms with van der Waals surface area (Å²) in [6, 6.07) is 13.8. The summed E-state index contributed by atoms with van der Waals surface area (Å²) in [5.74, 6) is -0.674. The first kappa shape index (κ1) is 18.8. The number of nitrogens with one attached hydrogen (secondary N) is 1. The molecular formula is C18H10Cl2F3NOS. The van der Waals surface area contributed by atoms with Gasteiger partial charge in [-0.2, -0.15) is 13.2 Å². The lowest BCUT2D eigenvalue weighted by Gasteiger charge is -2.07. The molecular weight excluding hydrogens is 406 g/mol. The fraction of sp³-hybridized carbons (Fsp3) is 0.0556. The van der Waals surface area contributed by atoms with Crippen LogP contribution in [0.2, 0.25) is 10.0 Å². The van der Waals surface area contributed by atoms with E-state index in [9.17, 15) is 18.0 Å². The maximum atomic E-state index is 13.4. The van der Waals surface area contributed by atoms with Crippen LogP contribution in [0.3, 0.4) is 0 Å². The Morgan fingerprint density at radius 1 is 1.00 bits per heavy atom. The van der Waals surface area contributed by atoms with E-state index in [-0.39, 0.29) is 21.2 Å². The van der Waals surface area contributed by atoms with Crippen molar-refractivity contribution in [3.8, 4) is 11.1 Å². The van der Waals surface area contributed by atoms with E-state index in [1.807, 2.05) is 0 Å². The van der Waals surface area contributed by atoms with E-state index in [1.165, 1.54) is 24.3 Å². The number of amides is 1. The van der Waals surface area contributed by atoms with Gasteiger partial charge in [-0.3, -0.25) is 4.79 Å². The maximum Gasteiger partial charge on any atom is 0.426 e. The van der Waals surface area contributed by atoms with E-state index in [4.69, 9.17) is 23.2 Å². The summed E-state index contributed by atoms with van der Waals surface area (Å²) >= 11 is 12.2. The van der Waals surface area contributed by atoms with Crippen LogP contribution >= 0.6 is 34.5 Å². The van der Waals surface area contributed by atoms with Crippen molar-refractivity contribution in [1.82, 2.24) is 0 Å². The molecule has 0 bridgehead atoms. The minimum Gasteiger partial charge on any atom is -0.320 e. The van der Waals surface area contributed by atoms with Gasteiger partial charge in [0.05, 0.1) is 15.6 Å². The smallest absolute Gasteiger partial charge is 0.320 e. The van der Waals surface area contributed by atoms with Crippen molar-refractivity contribution in [1.29, 1.82) is 0 Å². The standard InChI is InChI=1S/C18H10Cl2F3NOS/c19-11-6-7-14(13(20)8-11)24-17(25)15-9-12(10-4-2-1-3-5-10)16(26-15)18(21,22)23/h1-9H,(H,24,25). The molecule has 8 heteroatoms. The van der Waals surface area contributed by atoms with Crippen LogP contribution in [0.4, 0.5) is 18.9 Å². The number of halogens is 5. The van der Waals surface area contributed by atoms with Crippen LogP contribution < -0.4 is 5.32 Å². The summed E-state index contributed by atoms with van der Waals surface area (Å²) in [5.41, 5.74) is 0.624. The minimum absolute atomic E-state index is 0.0320. The lowest BCUT2D eigenvalue weighted by atomic mass is 10.1. The van der Waals surface area contributed by atoms with Gasteiger partial charge >= 0.3 is 6.18 Å². The van der Waals surface area contributed by atoms with Crippen molar-refractivity contribution in [3.05, 3.63) is 74.4 Å². The zero-order chi connectivity index (χ0) is 18.9. The molecule has 0 atom stereocenters. The van der Waals surface area contributed by atoms with E-state index >= 15 is 0 Å². The van der Waals surface area contributed by atoms with Crippen molar-refractivity contribution < 1.29 is 18.0 Å². The molecule has 3 rings (SSSR count). The molecule has 134 valence electrons. The molecule has 1 N–H and O–H groups in total. The third kappa shape index (κ3) is 4.03. The molecule has 0 aliphatic carbocycles. The number of hydrogen-bond donors (Lipinski definition) is 1. The van der Waals surface area contributed by atoms with Gasteiger partial charge in [-0.1, -0.05) is 53.5 Å². The second-order valence-corrected chi connectivity index (χ2v) is 7.19. The zero-order valence-electron chi connectivity index (χ0n) is 12.9. The Bertz CT molecular complexity index is 955. The summed E-state index contributed by atoms with van der Waals surface area (Å²) in [4.78, 5) is 11.5. The number of hydrogen-bond acceptors (Lipinski definition) is 2. The molecule has 1 aromatic heterocycles. The average Bonchev–Trinajstić information content (AvgIpc) is 3.04. The van der Waals surface area contributed by atoms with Crippen molar-refractivity contribution in [2.24, 2.45) is 0 Å². The second kappa shape index (κ2) is 7.31. The fourth-order valence-corrected chi connectivity index (χ4v) is 3.72. The van der Waals surface area contributed by atoms with Gasteiger partial charge in [0.1, 0.15) is 4.88 Å². The van der Waals surface area contributed by atoms with Crippen molar-refractivity contribution in [2.45, 2.75) is 6.18 Å².